The molecule has 0 aromatic heterocycles. The summed E-state index contributed by atoms with van der Waals surface area (Å²) in [5.41, 5.74) is 1.88. The van der Waals surface area contributed by atoms with E-state index in [4.69, 9.17) is 0 Å². The fraction of sp³-hybridized carbons (Fsp3) is 0.368. The second kappa shape index (κ2) is 7.23. The van der Waals surface area contributed by atoms with Crippen LogP contribution in [-0.2, 0) is 23.1 Å². The molecule has 6 heteroatoms. The quantitative estimate of drug-likeness (QED) is 0.759. The first kappa shape index (κ1) is 18.0. The third-order valence-electron chi connectivity index (χ3n) is 4.40. The molecular formula is C19H23FN2O2S. The summed E-state index contributed by atoms with van der Waals surface area (Å²) in [5.74, 6) is -0.229. The van der Waals surface area contributed by atoms with Crippen molar-refractivity contribution in [2.75, 3.05) is 14.1 Å². The van der Waals surface area contributed by atoms with E-state index in [-0.39, 0.29) is 5.82 Å². The van der Waals surface area contributed by atoms with E-state index < -0.39 is 10.0 Å². The van der Waals surface area contributed by atoms with E-state index in [1.807, 2.05) is 12.1 Å². The van der Waals surface area contributed by atoms with Gasteiger partial charge in [-0.3, -0.25) is 4.90 Å². The summed E-state index contributed by atoms with van der Waals surface area (Å²) in [6.45, 7) is 1.31. The lowest BCUT2D eigenvalue weighted by Gasteiger charge is -2.23. The zero-order valence-corrected chi connectivity index (χ0v) is 15.3. The molecule has 1 fully saturated rings. The summed E-state index contributed by atoms with van der Waals surface area (Å²) >= 11 is 0. The molecule has 134 valence electrons. The van der Waals surface area contributed by atoms with E-state index in [2.05, 4.69) is 4.90 Å². The molecule has 0 aliphatic heterocycles. The molecule has 0 heterocycles. The molecule has 0 amide bonds. The number of rotatable bonds is 7. The molecule has 0 atom stereocenters. The monoisotopic (exact) mass is 362 g/mol. The number of nitrogens with zero attached hydrogens (tertiary/aromatic N) is 2. The first-order valence-corrected chi connectivity index (χ1v) is 9.80. The van der Waals surface area contributed by atoms with Crippen LogP contribution in [0.3, 0.4) is 0 Å². The van der Waals surface area contributed by atoms with Gasteiger partial charge in [0.15, 0.2) is 0 Å². The van der Waals surface area contributed by atoms with E-state index in [0.29, 0.717) is 24.0 Å². The molecular weight excluding hydrogens is 339 g/mol. The van der Waals surface area contributed by atoms with Crippen LogP contribution in [0.1, 0.15) is 24.0 Å². The number of hydrogen-bond acceptors (Lipinski definition) is 3. The molecule has 0 spiro atoms. The Morgan fingerprint density at radius 1 is 1.00 bits per heavy atom. The fourth-order valence-corrected chi connectivity index (χ4v) is 3.85. The standard InChI is InChI=1S/C19H23FN2O2S/c1-21(2)25(23,24)19-8-4-6-16(12-19)14-22(18-9-10-18)13-15-5-3-7-17(20)11-15/h3-8,11-12,18H,9-10,13-14H2,1-2H3. The third-order valence-corrected chi connectivity index (χ3v) is 6.21. The van der Waals surface area contributed by atoms with Crippen LogP contribution >= 0.6 is 0 Å². The second-order valence-electron chi connectivity index (χ2n) is 6.70. The van der Waals surface area contributed by atoms with Crippen molar-refractivity contribution in [3.8, 4) is 0 Å². The predicted molar refractivity (Wildman–Crippen MR) is 96.0 cm³/mol. The van der Waals surface area contributed by atoms with Crippen molar-refractivity contribution in [1.29, 1.82) is 0 Å². The molecule has 1 aliphatic rings. The minimum atomic E-state index is -3.44. The summed E-state index contributed by atoms with van der Waals surface area (Å²) in [6, 6.07) is 14.2. The number of hydrogen-bond donors (Lipinski definition) is 0. The first-order valence-electron chi connectivity index (χ1n) is 8.36. The van der Waals surface area contributed by atoms with Crippen LogP contribution < -0.4 is 0 Å². The Morgan fingerprint density at radius 2 is 1.60 bits per heavy atom. The van der Waals surface area contributed by atoms with Crippen LogP contribution in [0, 0.1) is 5.82 Å². The Balaban J connectivity index is 1.79. The molecule has 1 aliphatic carbocycles. The van der Waals surface area contributed by atoms with Crippen molar-refractivity contribution in [3.63, 3.8) is 0 Å². The van der Waals surface area contributed by atoms with Gasteiger partial charge >= 0.3 is 0 Å². The number of benzene rings is 2. The Kier molecular flexibility index (Phi) is 5.22. The predicted octanol–water partition coefficient (Wildman–Crippen LogP) is 3.24. The number of halogens is 1. The van der Waals surface area contributed by atoms with Gasteiger partial charge in [-0.05, 0) is 48.2 Å². The Labute approximate surface area is 148 Å². The molecule has 1 saturated carbocycles. The van der Waals surface area contributed by atoms with Gasteiger partial charge in [0.25, 0.3) is 0 Å². The molecule has 0 N–H and O–H groups in total. The van der Waals surface area contributed by atoms with Crippen LogP contribution in [0.4, 0.5) is 4.39 Å². The lowest BCUT2D eigenvalue weighted by atomic mass is 10.1. The van der Waals surface area contributed by atoms with Gasteiger partial charge in [0.05, 0.1) is 4.90 Å². The molecule has 4 nitrogen and oxygen atoms in total. The topological polar surface area (TPSA) is 40.6 Å². The summed E-state index contributed by atoms with van der Waals surface area (Å²) < 4.78 is 39.3. The van der Waals surface area contributed by atoms with Gasteiger partial charge in [-0.2, -0.15) is 0 Å². The van der Waals surface area contributed by atoms with Crippen molar-refractivity contribution >= 4 is 10.0 Å². The maximum absolute atomic E-state index is 13.4. The molecule has 0 unspecified atom stereocenters. The van der Waals surface area contributed by atoms with E-state index >= 15 is 0 Å². The van der Waals surface area contributed by atoms with Crippen LogP contribution in [0.15, 0.2) is 53.4 Å². The molecule has 25 heavy (non-hydrogen) atoms. The maximum Gasteiger partial charge on any atom is 0.242 e. The van der Waals surface area contributed by atoms with Crippen LogP contribution in [0.25, 0.3) is 0 Å². The van der Waals surface area contributed by atoms with Crippen molar-refractivity contribution in [2.45, 2.75) is 36.9 Å². The Bertz CT molecular complexity index is 848. The highest BCUT2D eigenvalue weighted by molar-refractivity contribution is 7.89. The summed E-state index contributed by atoms with van der Waals surface area (Å²) in [6.07, 6.45) is 2.26. The lowest BCUT2D eigenvalue weighted by molar-refractivity contribution is 0.245. The second-order valence-corrected chi connectivity index (χ2v) is 8.85. The minimum absolute atomic E-state index is 0.229. The van der Waals surface area contributed by atoms with E-state index in [1.54, 1.807) is 30.3 Å². The first-order chi connectivity index (χ1) is 11.9. The average molecular weight is 362 g/mol. The van der Waals surface area contributed by atoms with Crippen molar-refractivity contribution < 1.29 is 12.8 Å². The van der Waals surface area contributed by atoms with Crippen LogP contribution in [0.5, 0.6) is 0 Å². The molecule has 0 saturated heterocycles. The van der Waals surface area contributed by atoms with Gasteiger partial charge < -0.3 is 0 Å². The fourth-order valence-electron chi connectivity index (χ4n) is 2.87. The van der Waals surface area contributed by atoms with Gasteiger partial charge in [-0.25, -0.2) is 17.1 Å². The third kappa shape index (κ3) is 4.45. The smallest absolute Gasteiger partial charge is 0.242 e. The highest BCUT2D eigenvalue weighted by atomic mass is 32.2. The molecule has 2 aromatic rings. The average Bonchev–Trinajstić information content (AvgIpc) is 3.39. The molecule has 0 radical (unpaired) electrons. The molecule has 3 rings (SSSR count). The summed E-state index contributed by atoms with van der Waals surface area (Å²) in [7, 11) is -0.379. The zero-order chi connectivity index (χ0) is 18.0. The minimum Gasteiger partial charge on any atom is -0.292 e. The summed E-state index contributed by atoms with van der Waals surface area (Å²) in [4.78, 5) is 2.59. The largest absolute Gasteiger partial charge is 0.292 e. The van der Waals surface area contributed by atoms with Gasteiger partial charge in [0.2, 0.25) is 10.0 Å². The Morgan fingerprint density at radius 3 is 2.16 bits per heavy atom. The maximum atomic E-state index is 13.4. The zero-order valence-electron chi connectivity index (χ0n) is 14.5. The van der Waals surface area contributed by atoms with Crippen molar-refractivity contribution in [1.82, 2.24) is 9.21 Å². The highest BCUT2D eigenvalue weighted by Crippen LogP contribution is 2.30. The SMILES string of the molecule is CN(C)S(=O)(=O)c1cccc(CN(Cc2cccc(F)c2)C2CC2)c1. The van der Waals surface area contributed by atoms with Gasteiger partial charge in [-0.1, -0.05) is 24.3 Å². The Hall–Kier alpha value is -1.76. The van der Waals surface area contributed by atoms with Crippen molar-refractivity contribution in [3.05, 3.63) is 65.5 Å². The van der Waals surface area contributed by atoms with Gasteiger partial charge in [0.1, 0.15) is 5.82 Å². The van der Waals surface area contributed by atoms with E-state index in [0.717, 1.165) is 24.0 Å². The number of sulfonamides is 1. The highest BCUT2D eigenvalue weighted by Gasteiger charge is 2.29. The van der Waals surface area contributed by atoms with Crippen LogP contribution in [0.2, 0.25) is 0 Å². The lowest BCUT2D eigenvalue weighted by Crippen LogP contribution is -2.26. The van der Waals surface area contributed by atoms with Gasteiger partial charge in [-0.15, -0.1) is 0 Å². The van der Waals surface area contributed by atoms with E-state index in [9.17, 15) is 12.8 Å². The molecule has 2 aromatic carbocycles. The summed E-state index contributed by atoms with van der Waals surface area (Å²) in [5, 5.41) is 0. The molecule has 0 bridgehead atoms. The van der Waals surface area contributed by atoms with Crippen LogP contribution in [-0.4, -0.2) is 37.8 Å². The van der Waals surface area contributed by atoms with E-state index in [1.165, 1.54) is 24.5 Å². The van der Waals surface area contributed by atoms with Gasteiger partial charge in [0, 0.05) is 33.2 Å². The van der Waals surface area contributed by atoms with Crippen molar-refractivity contribution in [2.24, 2.45) is 0 Å². The normalized spacial score (nSPS) is 15.1.